The first-order chi connectivity index (χ1) is 11.2. The van der Waals surface area contributed by atoms with Crippen LogP contribution in [0.2, 0.25) is 5.02 Å². The molecule has 0 aliphatic carbocycles. The van der Waals surface area contributed by atoms with Gasteiger partial charge >= 0.3 is 6.18 Å². The third-order valence-corrected chi connectivity index (χ3v) is 3.75. The van der Waals surface area contributed by atoms with E-state index >= 15 is 0 Å². The minimum Gasteiger partial charge on any atom is -0.484 e. The van der Waals surface area contributed by atoms with Gasteiger partial charge in [0.15, 0.2) is 6.61 Å². The maximum Gasteiger partial charge on any atom is 0.422 e. The quantitative estimate of drug-likeness (QED) is 0.738. The van der Waals surface area contributed by atoms with Crippen molar-refractivity contribution in [2.75, 3.05) is 6.61 Å². The van der Waals surface area contributed by atoms with Crippen LogP contribution in [0.3, 0.4) is 0 Å². The molecule has 0 saturated carbocycles. The summed E-state index contributed by atoms with van der Waals surface area (Å²) in [5, 5.41) is 2.96. The van der Waals surface area contributed by atoms with Crippen LogP contribution in [0.15, 0.2) is 46.9 Å². The van der Waals surface area contributed by atoms with Gasteiger partial charge in [-0.15, -0.1) is 0 Å². The van der Waals surface area contributed by atoms with Gasteiger partial charge in [0.1, 0.15) is 5.75 Å². The third kappa shape index (κ3) is 5.72. The molecular weight excluding hydrogens is 411 g/mol. The number of ether oxygens (including phenoxy) is 1. The van der Waals surface area contributed by atoms with Gasteiger partial charge in [0.2, 0.25) is 0 Å². The molecule has 0 radical (unpaired) electrons. The van der Waals surface area contributed by atoms with E-state index in [2.05, 4.69) is 26.0 Å². The molecule has 0 aliphatic rings. The van der Waals surface area contributed by atoms with Crippen LogP contribution in [0.5, 0.6) is 5.75 Å². The number of alkyl halides is 3. The number of halogens is 5. The van der Waals surface area contributed by atoms with Gasteiger partial charge in [-0.05, 0) is 35.9 Å². The summed E-state index contributed by atoms with van der Waals surface area (Å²) >= 11 is 9.23. The highest BCUT2D eigenvalue weighted by molar-refractivity contribution is 9.10. The number of carbonyl (C=O) groups excluding carboxylic acids is 1. The van der Waals surface area contributed by atoms with Crippen LogP contribution in [0, 0.1) is 0 Å². The first-order valence-electron chi connectivity index (χ1n) is 6.76. The Morgan fingerprint density at radius 1 is 1.21 bits per heavy atom. The Morgan fingerprint density at radius 2 is 1.96 bits per heavy atom. The number of hydrogen-bond donors (Lipinski definition) is 1. The maximum absolute atomic E-state index is 12.2. The first kappa shape index (κ1) is 18.6. The fraction of sp³-hybridized carbons (Fsp3) is 0.188. The average molecular weight is 423 g/mol. The Balaban J connectivity index is 1.99. The van der Waals surface area contributed by atoms with Gasteiger partial charge in [0.05, 0.1) is 10.6 Å². The minimum absolute atomic E-state index is 0.0829. The molecule has 2 aromatic carbocycles. The van der Waals surface area contributed by atoms with Gasteiger partial charge in [0.25, 0.3) is 5.91 Å². The van der Waals surface area contributed by atoms with Crippen molar-refractivity contribution in [3.63, 3.8) is 0 Å². The maximum atomic E-state index is 12.2. The zero-order valence-electron chi connectivity index (χ0n) is 12.2. The first-order valence-corrected chi connectivity index (χ1v) is 7.93. The van der Waals surface area contributed by atoms with E-state index in [4.69, 9.17) is 11.6 Å². The lowest BCUT2D eigenvalue weighted by Gasteiger charge is -2.11. The fourth-order valence-electron chi connectivity index (χ4n) is 1.86. The van der Waals surface area contributed by atoms with E-state index < -0.39 is 12.8 Å². The van der Waals surface area contributed by atoms with Crippen molar-refractivity contribution in [1.82, 2.24) is 5.32 Å². The SMILES string of the molecule is O=C(NCc1cccc(OCC(F)(F)F)c1)c1cc(Br)ccc1Cl. The summed E-state index contributed by atoms with van der Waals surface area (Å²) in [6, 6.07) is 11.0. The van der Waals surface area contributed by atoms with Gasteiger partial charge in [-0.3, -0.25) is 4.79 Å². The predicted molar refractivity (Wildman–Crippen MR) is 88.3 cm³/mol. The number of benzene rings is 2. The molecule has 0 spiro atoms. The fourth-order valence-corrected chi connectivity index (χ4v) is 2.42. The van der Waals surface area contributed by atoms with Gasteiger partial charge in [-0.2, -0.15) is 13.2 Å². The largest absolute Gasteiger partial charge is 0.484 e. The highest BCUT2D eigenvalue weighted by atomic mass is 79.9. The second-order valence-corrected chi connectivity index (χ2v) is 6.18. The molecule has 1 amide bonds. The van der Waals surface area contributed by atoms with Crippen LogP contribution in [0.1, 0.15) is 15.9 Å². The van der Waals surface area contributed by atoms with Crippen molar-refractivity contribution in [3.05, 3.63) is 63.1 Å². The van der Waals surface area contributed by atoms with E-state index in [9.17, 15) is 18.0 Å². The average Bonchev–Trinajstić information content (AvgIpc) is 2.53. The number of hydrogen-bond acceptors (Lipinski definition) is 2. The molecule has 0 saturated heterocycles. The van der Waals surface area contributed by atoms with Crippen molar-refractivity contribution in [2.24, 2.45) is 0 Å². The van der Waals surface area contributed by atoms with E-state index in [1.54, 1.807) is 30.3 Å². The summed E-state index contributed by atoms with van der Waals surface area (Å²) < 4.78 is 41.8. The molecule has 2 rings (SSSR count). The molecule has 0 heterocycles. The zero-order valence-corrected chi connectivity index (χ0v) is 14.5. The topological polar surface area (TPSA) is 38.3 Å². The molecular formula is C16H12BrClF3NO2. The molecule has 0 bridgehead atoms. The molecule has 3 nitrogen and oxygen atoms in total. The summed E-state index contributed by atoms with van der Waals surface area (Å²) in [4.78, 5) is 12.1. The van der Waals surface area contributed by atoms with Crippen LogP contribution in [-0.2, 0) is 6.54 Å². The second-order valence-electron chi connectivity index (χ2n) is 4.86. The van der Waals surface area contributed by atoms with Gasteiger partial charge in [-0.25, -0.2) is 0 Å². The van der Waals surface area contributed by atoms with Crippen LogP contribution in [0.25, 0.3) is 0 Å². The second kappa shape index (κ2) is 7.90. The highest BCUT2D eigenvalue weighted by Crippen LogP contribution is 2.22. The molecule has 1 N–H and O–H groups in total. The monoisotopic (exact) mass is 421 g/mol. The van der Waals surface area contributed by atoms with Gasteiger partial charge in [-0.1, -0.05) is 39.7 Å². The number of amides is 1. The Morgan fingerprint density at radius 3 is 2.67 bits per heavy atom. The summed E-state index contributed by atoms with van der Waals surface area (Å²) in [6.45, 7) is -1.23. The number of rotatable bonds is 5. The zero-order chi connectivity index (χ0) is 17.7. The van der Waals surface area contributed by atoms with E-state index in [0.717, 1.165) is 0 Å². The third-order valence-electron chi connectivity index (χ3n) is 2.93. The van der Waals surface area contributed by atoms with Crippen molar-refractivity contribution >= 4 is 33.4 Å². The molecule has 0 aromatic heterocycles. The lowest BCUT2D eigenvalue weighted by Crippen LogP contribution is -2.23. The Hall–Kier alpha value is -1.73. The number of nitrogens with one attached hydrogen (secondary N) is 1. The van der Waals surface area contributed by atoms with Gasteiger partial charge in [0, 0.05) is 11.0 Å². The Bertz CT molecular complexity index is 738. The summed E-state index contributed by atoms with van der Waals surface area (Å²) in [5.41, 5.74) is 0.907. The molecule has 2 aromatic rings. The van der Waals surface area contributed by atoms with Crippen molar-refractivity contribution in [2.45, 2.75) is 12.7 Å². The smallest absolute Gasteiger partial charge is 0.422 e. The Labute approximate surface area is 149 Å². The normalized spacial score (nSPS) is 11.2. The highest BCUT2D eigenvalue weighted by Gasteiger charge is 2.28. The van der Waals surface area contributed by atoms with Crippen molar-refractivity contribution in [3.8, 4) is 5.75 Å². The van der Waals surface area contributed by atoms with E-state index in [0.29, 0.717) is 20.6 Å². The van der Waals surface area contributed by atoms with Crippen LogP contribution >= 0.6 is 27.5 Å². The lowest BCUT2D eigenvalue weighted by atomic mass is 10.2. The summed E-state index contributed by atoms with van der Waals surface area (Å²) in [7, 11) is 0. The molecule has 0 aliphatic heterocycles. The molecule has 128 valence electrons. The predicted octanol–water partition coefficient (Wildman–Crippen LogP) is 4.97. The van der Waals surface area contributed by atoms with Crippen LogP contribution in [-0.4, -0.2) is 18.7 Å². The van der Waals surface area contributed by atoms with Crippen molar-refractivity contribution in [1.29, 1.82) is 0 Å². The Kier molecular flexibility index (Phi) is 6.12. The molecule has 24 heavy (non-hydrogen) atoms. The minimum atomic E-state index is -4.40. The lowest BCUT2D eigenvalue weighted by molar-refractivity contribution is -0.153. The molecule has 0 atom stereocenters. The van der Waals surface area contributed by atoms with Gasteiger partial charge < -0.3 is 10.1 Å². The molecule has 0 fully saturated rings. The number of carbonyl (C=O) groups is 1. The van der Waals surface area contributed by atoms with E-state index in [1.165, 1.54) is 12.1 Å². The van der Waals surface area contributed by atoms with E-state index in [1.807, 2.05) is 0 Å². The summed E-state index contributed by atoms with van der Waals surface area (Å²) in [6.07, 6.45) is -4.40. The van der Waals surface area contributed by atoms with Crippen LogP contribution < -0.4 is 10.1 Å². The van der Waals surface area contributed by atoms with E-state index in [-0.39, 0.29) is 18.2 Å². The molecule has 0 unspecified atom stereocenters. The standard InChI is InChI=1S/C16H12BrClF3NO2/c17-11-4-5-14(18)13(7-11)15(23)22-8-10-2-1-3-12(6-10)24-9-16(19,20)21/h1-7H,8-9H2,(H,22,23). The van der Waals surface area contributed by atoms with Crippen LogP contribution in [0.4, 0.5) is 13.2 Å². The summed E-state index contributed by atoms with van der Waals surface area (Å²) in [5.74, 6) is -0.303. The van der Waals surface area contributed by atoms with Crippen molar-refractivity contribution < 1.29 is 22.7 Å². The molecule has 8 heteroatoms.